The zero-order valence-electron chi connectivity index (χ0n) is 50.3. The quantitative estimate of drug-likeness (QED) is 0.0850. The third-order valence-corrected chi connectivity index (χ3v) is 17.4. The van der Waals surface area contributed by atoms with E-state index in [9.17, 15) is 5.26 Å². The summed E-state index contributed by atoms with van der Waals surface area (Å²) in [5, 5.41) is 13.7. The van der Waals surface area contributed by atoms with Crippen LogP contribution in [0.15, 0.2) is 303 Å². The first-order chi connectivity index (χ1) is 45.6. The Balaban J connectivity index is 1.03. The molecule has 0 aliphatic carbocycles. The fourth-order valence-electron chi connectivity index (χ4n) is 12.9. The van der Waals surface area contributed by atoms with Crippen LogP contribution in [0.1, 0.15) is 29.2 Å². The summed E-state index contributed by atoms with van der Waals surface area (Å²) in [7, 11) is 0. The molecule has 5 heterocycles. The molecule has 0 aliphatic rings. The maximum atomic E-state index is 17.3. The van der Waals surface area contributed by atoms with Crippen LogP contribution in [0, 0.1) is 11.3 Å². The third kappa shape index (κ3) is 10.7. The molecular formula is C83H54F3N7. The van der Waals surface area contributed by atoms with Crippen LogP contribution in [-0.4, -0.2) is 30.8 Å². The summed E-state index contributed by atoms with van der Waals surface area (Å²) in [6.45, 7) is 5.89. The first-order valence-electron chi connectivity index (χ1n) is 30.5. The van der Waals surface area contributed by atoms with Gasteiger partial charge in [0.2, 0.25) is 0 Å². The Kier molecular flexibility index (Phi) is 14.7. The molecule has 0 amide bonds. The van der Waals surface area contributed by atoms with Crippen molar-refractivity contribution in [3.05, 3.63) is 320 Å². The SMILES string of the molecule is C=N/C(=C\C(=C/C)c1ccc2c3ccc(-c4ccnc(-c5ccccc5)c4)cc3n(-c3cc(C(F)(F)F)c(-n4c5cc(-c6ccnc(-c7ccccc7)c6)ccc5c5ccc(-c6ccnc(-c7ccccc7)c6)cc54)cc3-c3cccc(C#N)c3)c2c1)c1ccccc1. The molecule has 0 bridgehead atoms. The Labute approximate surface area is 535 Å². The van der Waals surface area contributed by atoms with Crippen molar-refractivity contribution in [3.63, 3.8) is 0 Å². The average Bonchev–Trinajstić information content (AvgIpc) is 1.60. The molecule has 15 rings (SSSR count). The lowest BCUT2D eigenvalue weighted by atomic mass is 9.97. The molecule has 7 nitrogen and oxygen atoms in total. The first kappa shape index (κ1) is 57.1. The predicted molar refractivity (Wildman–Crippen MR) is 374 cm³/mol. The minimum absolute atomic E-state index is 0.101. The number of benzene rings is 10. The maximum Gasteiger partial charge on any atom is 0.418 e. The normalized spacial score (nSPS) is 12.0. The number of aromatic nitrogens is 5. The standard InChI is InChI=1S/C83H54F3N7/c1-3-54(42-73(88-2)55-18-8-4-9-19-55)59-27-31-67-68-32-28-60(63-35-38-89-74(43-63)56-20-10-5-11-21-56)47-78(68)92(77(67)46-59)81-51-72(83(84,85)86)82(50-71(81)66-26-16-17-53(41-66)52-87)93-79-48-61(64-36-39-90-75(44-64)57-22-12-6-13-23-57)29-33-69(79)70-34-30-62(49-80(70)93)65-37-40-91-76(45-65)58-24-14-7-15-25-58/h3-51H,2H2,1H3/b54-3+,73-42-. The highest BCUT2D eigenvalue weighted by Gasteiger charge is 2.37. The van der Waals surface area contributed by atoms with E-state index in [1.807, 2.05) is 242 Å². The van der Waals surface area contributed by atoms with Crippen LogP contribution in [-0.2, 0) is 6.18 Å². The van der Waals surface area contributed by atoms with E-state index in [1.165, 1.54) is 6.07 Å². The van der Waals surface area contributed by atoms with E-state index >= 15 is 13.2 Å². The average molecular weight is 1210 g/mol. The van der Waals surface area contributed by atoms with Crippen molar-refractivity contribution in [2.75, 3.05) is 0 Å². The summed E-state index contributed by atoms with van der Waals surface area (Å²) < 4.78 is 55.7. The van der Waals surface area contributed by atoms with E-state index in [4.69, 9.17) is 15.0 Å². The molecule has 15 aromatic rings. The van der Waals surface area contributed by atoms with Crippen LogP contribution in [0.25, 0.3) is 145 Å². The number of nitrogens with zero attached hydrogens (tertiary/aromatic N) is 7. The fraction of sp³-hybridized carbons (Fsp3) is 0.0241. The molecule has 0 saturated heterocycles. The van der Waals surface area contributed by atoms with Crippen molar-refractivity contribution >= 4 is 61.6 Å². The van der Waals surface area contributed by atoms with Crippen molar-refractivity contribution in [1.82, 2.24) is 24.1 Å². The molecule has 442 valence electrons. The smallest absolute Gasteiger partial charge is 0.309 e. The van der Waals surface area contributed by atoms with Gasteiger partial charge >= 0.3 is 6.18 Å². The molecule has 0 spiro atoms. The predicted octanol–water partition coefficient (Wildman–Crippen LogP) is 21.8. The number of alkyl halides is 3. The summed E-state index contributed by atoms with van der Waals surface area (Å²) in [4.78, 5) is 18.6. The van der Waals surface area contributed by atoms with Gasteiger partial charge in [-0.3, -0.25) is 19.9 Å². The van der Waals surface area contributed by atoms with Gasteiger partial charge in [0.15, 0.2) is 0 Å². The Morgan fingerprint density at radius 1 is 0.419 bits per heavy atom. The molecule has 0 aliphatic heterocycles. The van der Waals surface area contributed by atoms with Crippen LogP contribution < -0.4 is 0 Å². The number of nitriles is 1. The molecule has 0 radical (unpaired) electrons. The lowest BCUT2D eigenvalue weighted by molar-refractivity contribution is -0.137. The van der Waals surface area contributed by atoms with Gasteiger partial charge in [-0.15, -0.1) is 0 Å². The monoisotopic (exact) mass is 1210 g/mol. The third-order valence-electron chi connectivity index (χ3n) is 17.4. The molecule has 0 atom stereocenters. The highest BCUT2D eigenvalue weighted by Crippen LogP contribution is 2.47. The van der Waals surface area contributed by atoms with Crippen molar-refractivity contribution in [1.29, 1.82) is 5.26 Å². The van der Waals surface area contributed by atoms with Crippen molar-refractivity contribution in [2.45, 2.75) is 13.1 Å². The van der Waals surface area contributed by atoms with Crippen LogP contribution in [0.4, 0.5) is 13.2 Å². The number of hydrogen-bond acceptors (Lipinski definition) is 5. The molecule has 0 fully saturated rings. The second-order valence-electron chi connectivity index (χ2n) is 22.9. The molecular weight excluding hydrogens is 1150 g/mol. The number of hydrogen-bond donors (Lipinski definition) is 0. The van der Waals surface area contributed by atoms with Gasteiger partial charge < -0.3 is 9.13 Å². The minimum Gasteiger partial charge on any atom is -0.309 e. The van der Waals surface area contributed by atoms with E-state index in [0.29, 0.717) is 44.5 Å². The van der Waals surface area contributed by atoms with E-state index < -0.39 is 11.7 Å². The molecule has 10 heteroatoms. The Bertz CT molecular complexity index is 5380. The largest absolute Gasteiger partial charge is 0.418 e. The van der Waals surface area contributed by atoms with Gasteiger partial charge in [0.25, 0.3) is 0 Å². The number of rotatable bonds is 13. The molecule has 93 heavy (non-hydrogen) atoms. The summed E-state index contributed by atoms with van der Waals surface area (Å²) >= 11 is 0. The zero-order chi connectivity index (χ0) is 63.2. The lowest BCUT2D eigenvalue weighted by Crippen LogP contribution is -2.13. The van der Waals surface area contributed by atoms with Crippen LogP contribution >= 0.6 is 0 Å². The van der Waals surface area contributed by atoms with Crippen molar-refractivity contribution < 1.29 is 13.2 Å². The van der Waals surface area contributed by atoms with E-state index in [-0.39, 0.29) is 11.4 Å². The Morgan fingerprint density at radius 2 is 0.839 bits per heavy atom. The van der Waals surface area contributed by atoms with Gasteiger partial charge in [0.1, 0.15) is 0 Å². The second-order valence-corrected chi connectivity index (χ2v) is 22.9. The van der Waals surface area contributed by atoms with Gasteiger partial charge in [-0.2, -0.15) is 18.4 Å². The van der Waals surface area contributed by atoms with Gasteiger partial charge in [0.05, 0.1) is 73.4 Å². The van der Waals surface area contributed by atoms with E-state index in [1.54, 1.807) is 47.4 Å². The number of allylic oxidation sites excluding steroid dienone is 3. The lowest BCUT2D eigenvalue weighted by Gasteiger charge is -2.22. The highest BCUT2D eigenvalue weighted by molar-refractivity contribution is 6.13. The highest BCUT2D eigenvalue weighted by atomic mass is 19.4. The van der Waals surface area contributed by atoms with Crippen LogP contribution in [0.2, 0.25) is 0 Å². The zero-order valence-corrected chi connectivity index (χ0v) is 50.3. The molecule has 10 aromatic carbocycles. The van der Waals surface area contributed by atoms with Crippen molar-refractivity contribution in [3.8, 4) is 95.7 Å². The summed E-state index contributed by atoms with van der Waals surface area (Å²) in [5.74, 6) is 0. The van der Waals surface area contributed by atoms with Gasteiger partial charge in [-0.05, 0) is 155 Å². The van der Waals surface area contributed by atoms with Gasteiger partial charge in [0, 0.05) is 68.0 Å². The fourth-order valence-corrected chi connectivity index (χ4v) is 12.9. The molecule has 5 aromatic heterocycles. The molecule has 0 saturated carbocycles. The summed E-state index contributed by atoms with van der Waals surface area (Å²) in [6.07, 6.45) is 4.36. The van der Waals surface area contributed by atoms with E-state index in [0.717, 1.165) is 105 Å². The number of halogens is 3. The van der Waals surface area contributed by atoms with Crippen LogP contribution in [0.3, 0.4) is 0 Å². The number of pyridine rings is 3. The van der Waals surface area contributed by atoms with Gasteiger partial charge in [-0.25, -0.2) is 0 Å². The topological polar surface area (TPSA) is 84.7 Å². The molecule has 0 N–H and O–H groups in total. The van der Waals surface area contributed by atoms with Crippen molar-refractivity contribution in [2.24, 2.45) is 4.99 Å². The van der Waals surface area contributed by atoms with E-state index in [2.05, 4.69) is 36.0 Å². The second kappa shape index (κ2) is 23.9. The summed E-state index contributed by atoms with van der Waals surface area (Å²) in [5.41, 5.74) is 16.3. The minimum atomic E-state index is -4.94. The number of aliphatic imine (C=N–C) groups is 1. The Hall–Kier alpha value is -12.3. The number of fused-ring (bicyclic) bond motifs is 6. The summed E-state index contributed by atoms with van der Waals surface area (Å²) in [6, 6.07) is 88.1. The van der Waals surface area contributed by atoms with Crippen LogP contribution in [0.5, 0.6) is 0 Å². The van der Waals surface area contributed by atoms with Gasteiger partial charge in [-0.1, -0.05) is 188 Å². The molecule has 0 unspecified atom stereocenters. The maximum absolute atomic E-state index is 17.3. The first-order valence-corrected chi connectivity index (χ1v) is 30.5. The Morgan fingerprint density at radius 3 is 1.28 bits per heavy atom.